The summed E-state index contributed by atoms with van der Waals surface area (Å²) in [6.07, 6.45) is -4.65. The molecule has 76 valence electrons. The summed E-state index contributed by atoms with van der Waals surface area (Å²) in [5.74, 6) is 0. The lowest BCUT2D eigenvalue weighted by molar-refractivity contribution is -0.136. The zero-order chi connectivity index (χ0) is 11.5. The third-order valence-corrected chi connectivity index (χ3v) is 1.77. The Balaban J connectivity index is 3.29. The highest BCUT2D eigenvalue weighted by molar-refractivity contribution is 5.55. The largest absolute Gasteiger partial charge is 0.407 e. The van der Waals surface area contributed by atoms with E-state index >= 15 is 0 Å². The topological polar surface area (TPSA) is 28.1 Å². The fraction of sp³-hybridized carbons (Fsp3) is 0.200. The van der Waals surface area contributed by atoms with Gasteiger partial charge in [0.25, 0.3) is 0 Å². The van der Waals surface area contributed by atoms with Gasteiger partial charge < -0.3 is 0 Å². The van der Waals surface area contributed by atoms with Gasteiger partial charge in [0.2, 0.25) is 0 Å². The van der Waals surface area contributed by atoms with Gasteiger partial charge >= 0.3 is 6.18 Å². The summed E-state index contributed by atoms with van der Waals surface area (Å²) in [7, 11) is 0. The van der Waals surface area contributed by atoms with Crippen LogP contribution in [0.25, 0.3) is 4.85 Å². The van der Waals surface area contributed by atoms with Crippen LogP contribution in [-0.4, -0.2) is 0 Å². The minimum Gasteiger partial charge on any atom is -0.238 e. The van der Waals surface area contributed by atoms with E-state index in [1.807, 2.05) is 0 Å². The average molecular weight is 210 g/mol. The first-order valence-corrected chi connectivity index (χ1v) is 3.93. The molecule has 0 atom stereocenters. The van der Waals surface area contributed by atoms with Crippen molar-refractivity contribution in [3.63, 3.8) is 0 Å². The molecule has 0 fully saturated rings. The quantitative estimate of drug-likeness (QED) is 0.653. The molecule has 0 saturated carbocycles. The predicted octanol–water partition coefficient (Wildman–Crippen LogP) is 3.32. The second kappa shape index (κ2) is 4.02. The van der Waals surface area contributed by atoms with Crippen LogP contribution in [-0.2, 0) is 12.6 Å². The van der Waals surface area contributed by atoms with Crippen LogP contribution in [0.4, 0.5) is 18.9 Å². The van der Waals surface area contributed by atoms with Gasteiger partial charge in [0.05, 0.1) is 24.6 Å². The molecule has 1 rings (SSSR count). The summed E-state index contributed by atoms with van der Waals surface area (Å²) < 4.78 is 37.3. The fourth-order valence-electron chi connectivity index (χ4n) is 1.11. The molecule has 1 aromatic rings. The van der Waals surface area contributed by atoms with Crippen molar-refractivity contribution in [3.05, 3.63) is 40.7 Å². The summed E-state index contributed by atoms with van der Waals surface area (Å²) in [4.78, 5) is 2.79. The molecule has 0 aliphatic rings. The van der Waals surface area contributed by atoms with Crippen LogP contribution >= 0.6 is 0 Å². The summed E-state index contributed by atoms with van der Waals surface area (Å²) in [6, 6.07) is 5.04. The van der Waals surface area contributed by atoms with Crippen LogP contribution in [0.3, 0.4) is 0 Å². The van der Waals surface area contributed by atoms with Gasteiger partial charge in [-0.1, -0.05) is 18.2 Å². The van der Waals surface area contributed by atoms with E-state index in [2.05, 4.69) is 4.85 Å². The Kier molecular flexibility index (Phi) is 2.96. The Bertz CT molecular complexity index is 449. The van der Waals surface area contributed by atoms with E-state index in [-0.39, 0.29) is 12.0 Å². The smallest absolute Gasteiger partial charge is 0.238 e. The third kappa shape index (κ3) is 2.47. The molecule has 0 bridgehead atoms. The van der Waals surface area contributed by atoms with Gasteiger partial charge in [-0.15, -0.1) is 0 Å². The van der Waals surface area contributed by atoms with E-state index in [4.69, 9.17) is 11.8 Å². The summed E-state index contributed by atoms with van der Waals surface area (Å²) in [6.45, 7) is 6.60. The van der Waals surface area contributed by atoms with Gasteiger partial charge in [0.15, 0.2) is 5.69 Å². The second-order valence-corrected chi connectivity index (χ2v) is 2.80. The maximum absolute atomic E-state index is 12.4. The molecule has 0 aliphatic heterocycles. The van der Waals surface area contributed by atoms with Crippen molar-refractivity contribution in [2.24, 2.45) is 0 Å². The summed E-state index contributed by atoms with van der Waals surface area (Å²) in [5, 5.41) is 8.35. The zero-order valence-corrected chi connectivity index (χ0v) is 7.47. The van der Waals surface area contributed by atoms with Crippen LogP contribution in [0.1, 0.15) is 11.1 Å². The normalized spacial score (nSPS) is 10.5. The minimum absolute atomic E-state index is 0.0959. The second-order valence-electron chi connectivity index (χ2n) is 2.80. The van der Waals surface area contributed by atoms with Crippen LogP contribution in [0.15, 0.2) is 18.2 Å². The highest BCUT2D eigenvalue weighted by Gasteiger charge is 2.33. The molecule has 0 radical (unpaired) electrons. The van der Waals surface area contributed by atoms with E-state index in [0.29, 0.717) is 0 Å². The first kappa shape index (κ1) is 11.1. The molecular formula is C10H5F3N2. The van der Waals surface area contributed by atoms with Gasteiger partial charge in [-0.25, -0.2) is 4.85 Å². The fourth-order valence-corrected chi connectivity index (χ4v) is 1.11. The Labute approximate surface area is 84.4 Å². The monoisotopic (exact) mass is 210 g/mol. The molecule has 0 N–H and O–H groups in total. The molecule has 0 unspecified atom stereocenters. The molecule has 15 heavy (non-hydrogen) atoms. The van der Waals surface area contributed by atoms with E-state index in [0.717, 1.165) is 12.1 Å². The van der Waals surface area contributed by atoms with Gasteiger partial charge in [-0.3, -0.25) is 0 Å². The number of hydrogen-bond donors (Lipinski definition) is 0. The van der Waals surface area contributed by atoms with Crippen LogP contribution < -0.4 is 0 Å². The van der Waals surface area contributed by atoms with E-state index in [1.165, 1.54) is 6.07 Å². The third-order valence-electron chi connectivity index (χ3n) is 1.77. The molecule has 1 aromatic carbocycles. The van der Waals surface area contributed by atoms with Gasteiger partial charge in [0.1, 0.15) is 0 Å². The lowest BCUT2D eigenvalue weighted by Gasteiger charge is -2.09. The van der Waals surface area contributed by atoms with Crippen LogP contribution in [0.5, 0.6) is 0 Å². The lowest BCUT2D eigenvalue weighted by Crippen LogP contribution is -2.05. The van der Waals surface area contributed by atoms with Gasteiger partial charge in [0, 0.05) is 0 Å². The Morgan fingerprint density at radius 3 is 2.53 bits per heavy atom. The number of halogens is 3. The molecule has 2 nitrogen and oxygen atoms in total. The summed E-state index contributed by atoms with van der Waals surface area (Å²) in [5.41, 5.74) is -1.16. The molecule has 5 heteroatoms. The Morgan fingerprint density at radius 1 is 1.40 bits per heavy atom. The SMILES string of the molecule is [C-]#[N+]c1ccc(CC#N)cc1C(F)(F)F. The molecule has 0 heterocycles. The average Bonchev–Trinajstić information content (AvgIpc) is 2.17. The number of alkyl halides is 3. The van der Waals surface area contributed by atoms with Crippen molar-refractivity contribution in [1.29, 1.82) is 5.26 Å². The van der Waals surface area contributed by atoms with E-state index < -0.39 is 17.4 Å². The van der Waals surface area contributed by atoms with Crippen molar-refractivity contribution in [1.82, 2.24) is 0 Å². The van der Waals surface area contributed by atoms with Crippen molar-refractivity contribution in [3.8, 4) is 6.07 Å². The van der Waals surface area contributed by atoms with Gasteiger partial charge in [-0.2, -0.15) is 18.4 Å². The molecule has 0 spiro atoms. The van der Waals surface area contributed by atoms with Gasteiger partial charge in [-0.05, 0) is 5.56 Å². The van der Waals surface area contributed by atoms with E-state index in [1.54, 1.807) is 6.07 Å². The Morgan fingerprint density at radius 2 is 2.07 bits per heavy atom. The Hall–Kier alpha value is -2.01. The molecule has 0 amide bonds. The van der Waals surface area contributed by atoms with Crippen LogP contribution in [0.2, 0.25) is 0 Å². The maximum atomic E-state index is 12.4. The highest BCUT2D eigenvalue weighted by Crippen LogP contribution is 2.36. The van der Waals surface area contributed by atoms with Crippen molar-refractivity contribution in [2.45, 2.75) is 12.6 Å². The lowest BCUT2D eigenvalue weighted by atomic mass is 10.1. The number of rotatable bonds is 1. The highest BCUT2D eigenvalue weighted by atomic mass is 19.4. The maximum Gasteiger partial charge on any atom is 0.407 e. The summed E-state index contributed by atoms with van der Waals surface area (Å²) >= 11 is 0. The number of hydrogen-bond acceptors (Lipinski definition) is 1. The predicted molar refractivity (Wildman–Crippen MR) is 47.0 cm³/mol. The first-order chi connectivity index (χ1) is 6.99. The van der Waals surface area contributed by atoms with Crippen molar-refractivity contribution in [2.75, 3.05) is 0 Å². The molecule has 0 aromatic heterocycles. The number of benzene rings is 1. The number of nitriles is 1. The molecule has 0 aliphatic carbocycles. The van der Waals surface area contributed by atoms with Crippen molar-refractivity contribution < 1.29 is 13.2 Å². The van der Waals surface area contributed by atoms with Crippen LogP contribution in [0, 0.1) is 17.9 Å². The number of nitrogens with zero attached hydrogens (tertiary/aromatic N) is 2. The van der Waals surface area contributed by atoms with Crippen molar-refractivity contribution >= 4 is 5.69 Å². The van der Waals surface area contributed by atoms with E-state index in [9.17, 15) is 13.2 Å². The molecular weight excluding hydrogens is 205 g/mol. The first-order valence-electron chi connectivity index (χ1n) is 3.93. The molecule has 0 saturated heterocycles. The zero-order valence-electron chi connectivity index (χ0n) is 7.47. The standard InChI is InChI=1S/C10H5F3N2/c1-15-9-3-2-7(4-5-14)6-8(9)10(11,12)13/h2-3,6H,4H2. The minimum atomic E-state index is -4.55.